The van der Waals surface area contributed by atoms with Gasteiger partial charge in [0.05, 0.1) is 11.5 Å². The summed E-state index contributed by atoms with van der Waals surface area (Å²) in [6.45, 7) is 1.72. The monoisotopic (exact) mass is 451 g/mol. The molecule has 3 aromatic rings. The van der Waals surface area contributed by atoms with Gasteiger partial charge in [0.2, 0.25) is 5.91 Å². The van der Waals surface area contributed by atoms with Crippen molar-refractivity contribution in [3.8, 4) is 0 Å². The summed E-state index contributed by atoms with van der Waals surface area (Å²) in [4.78, 5) is 36.9. The number of nitrogens with one attached hydrogen (secondary N) is 2. The molecule has 0 heterocycles. The zero-order chi connectivity index (χ0) is 24.0. The van der Waals surface area contributed by atoms with Crippen molar-refractivity contribution >= 4 is 23.4 Å². The Morgan fingerprint density at radius 3 is 2.30 bits per heavy atom. The summed E-state index contributed by atoms with van der Waals surface area (Å²) in [6, 6.07) is 16.0. The van der Waals surface area contributed by atoms with Crippen LogP contribution in [0.15, 0.2) is 66.7 Å². The first kappa shape index (κ1) is 23.6. The van der Waals surface area contributed by atoms with Crippen molar-refractivity contribution in [2.24, 2.45) is 11.7 Å². The van der Waals surface area contributed by atoms with Crippen LogP contribution in [0.2, 0.25) is 0 Å². The van der Waals surface area contributed by atoms with Crippen LogP contribution >= 0.6 is 0 Å². The summed E-state index contributed by atoms with van der Waals surface area (Å²) in [5.41, 5.74) is 7.34. The molecule has 3 aromatic carbocycles. The number of carbonyl (C=O) groups is 3. The molecule has 3 amide bonds. The number of carbonyl (C=O) groups excluding carboxylic acids is 3. The Morgan fingerprint density at radius 2 is 1.64 bits per heavy atom. The van der Waals surface area contributed by atoms with E-state index in [9.17, 15) is 23.2 Å². The molecule has 0 fully saturated rings. The minimum Gasteiger partial charge on any atom is -0.369 e. The highest BCUT2D eigenvalue weighted by atomic mass is 19.1. The van der Waals surface area contributed by atoms with E-state index in [0.717, 1.165) is 0 Å². The van der Waals surface area contributed by atoms with Gasteiger partial charge in [0.1, 0.15) is 11.6 Å². The van der Waals surface area contributed by atoms with Gasteiger partial charge >= 0.3 is 0 Å². The van der Waals surface area contributed by atoms with Gasteiger partial charge in [-0.1, -0.05) is 30.3 Å². The fraction of sp³-hybridized carbons (Fsp3) is 0.160. The Hall–Kier alpha value is -4.07. The summed E-state index contributed by atoms with van der Waals surface area (Å²) in [5.74, 6) is -3.43. The first-order chi connectivity index (χ1) is 15.7. The summed E-state index contributed by atoms with van der Waals surface area (Å²) in [7, 11) is 0. The molecule has 33 heavy (non-hydrogen) atoms. The second-order valence-corrected chi connectivity index (χ2v) is 7.60. The zero-order valence-electron chi connectivity index (χ0n) is 17.9. The first-order valence-corrected chi connectivity index (χ1v) is 10.2. The highest BCUT2D eigenvalue weighted by Gasteiger charge is 2.19. The van der Waals surface area contributed by atoms with Crippen molar-refractivity contribution in [1.29, 1.82) is 0 Å². The van der Waals surface area contributed by atoms with Crippen molar-refractivity contribution in [3.05, 3.63) is 101 Å². The molecule has 0 aromatic heterocycles. The van der Waals surface area contributed by atoms with Crippen LogP contribution < -0.4 is 16.4 Å². The van der Waals surface area contributed by atoms with Crippen molar-refractivity contribution in [3.63, 3.8) is 0 Å². The highest BCUT2D eigenvalue weighted by Crippen LogP contribution is 2.19. The number of anilines is 1. The molecule has 0 saturated carbocycles. The van der Waals surface area contributed by atoms with E-state index in [4.69, 9.17) is 5.73 Å². The molecule has 0 aliphatic carbocycles. The largest absolute Gasteiger partial charge is 0.369 e. The quantitative estimate of drug-likeness (QED) is 0.488. The highest BCUT2D eigenvalue weighted by molar-refractivity contribution is 6.05. The van der Waals surface area contributed by atoms with Crippen molar-refractivity contribution in [1.82, 2.24) is 5.32 Å². The molecule has 1 atom stereocenters. The number of nitrogens with two attached hydrogens (primary N) is 1. The van der Waals surface area contributed by atoms with Crippen LogP contribution in [0.3, 0.4) is 0 Å². The average molecular weight is 451 g/mol. The number of benzene rings is 3. The molecular weight excluding hydrogens is 428 g/mol. The molecule has 0 saturated heterocycles. The van der Waals surface area contributed by atoms with E-state index in [-0.39, 0.29) is 29.9 Å². The maximum absolute atomic E-state index is 13.9. The van der Waals surface area contributed by atoms with E-state index in [0.29, 0.717) is 16.8 Å². The van der Waals surface area contributed by atoms with E-state index in [1.165, 1.54) is 36.4 Å². The fourth-order valence-electron chi connectivity index (χ4n) is 3.23. The van der Waals surface area contributed by atoms with Gasteiger partial charge in [0.25, 0.3) is 11.8 Å². The third-order valence-corrected chi connectivity index (χ3v) is 5.17. The fourth-order valence-corrected chi connectivity index (χ4v) is 3.23. The number of rotatable bonds is 8. The predicted octanol–water partition coefficient (Wildman–Crippen LogP) is 3.60. The van der Waals surface area contributed by atoms with Crippen LogP contribution in [0.1, 0.15) is 31.8 Å². The summed E-state index contributed by atoms with van der Waals surface area (Å²) < 4.78 is 27.0. The number of aryl methyl sites for hydroxylation is 1. The molecule has 1 unspecified atom stereocenters. The Kier molecular flexibility index (Phi) is 7.50. The van der Waals surface area contributed by atoms with E-state index in [1.807, 2.05) is 0 Å². The molecule has 0 bridgehead atoms. The van der Waals surface area contributed by atoms with Gasteiger partial charge < -0.3 is 16.4 Å². The second kappa shape index (κ2) is 10.5. The lowest BCUT2D eigenvalue weighted by atomic mass is 9.98. The third kappa shape index (κ3) is 6.22. The van der Waals surface area contributed by atoms with Crippen LogP contribution in [-0.4, -0.2) is 24.3 Å². The third-order valence-electron chi connectivity index (χ3n) is 5.17. The number of amides is 3. The molecule has 8 heteroatoms. The molecule has 0 spiro atoms. The predicted molar refractivity (Wildman–Crippen MR) is 121 cm³/mol. The van der Waals surface area contributed by atoms with Gasteiger partial charge in [-0.25, -0.2) is 8.78 Å². The van der Waals surface area contributed by atoms with E-state index < -0.39 is 29.5 Å². The minimum absolute atomic E-state index is 0.0175. The first-order valence-electron chi connectivity index (χ1n) is 10.2. The van der Waals surface area contributed by atoms with Crippen molar-refractivity contribution in [2.45, 2.75) is 13.3 Å². The number of hydrogen-bond acceptors (Lipinski definition) is 3. The molecule has 3 rings (SSSR count). The molecule has 170 valence electrons. The molecular formula is C25H23F2N3O3. The Morgan fingerprint density at radius 1 is 0.939 bits per heavy atom. The van der Waals surface area contributed by atoms with Crippen molar-refractivity contribution in [2.75, 3.05) is 11.9 Å². The van der Waals surface area contributed by atoms with Crippen LogP contribution in [0.4, 0.5) is 14.5 Å². The number of primary amides is 1. The lowest BCUT2D eigenvalue weighted by molar-refractivity contribution is -0.121. The SMILES string of the molecule is Cc1ccc(C(=O)NCC(Cc2ccc(F)cc2)C(N)=O)cc1NC(=O)c1ccccc1F. The maximum atomic E-state index is 13.9. The van der Waals surface area contributed by atoms with Crippen molar-refractivity contribution < 1.29 is 23.2 Å². The van der Waals surface area contributed by atoms with Crippen LogP contribution in [-0.2, 0) is 11.2 Å². The normalized spacial score (nSPS) is 11.5. The average Bonchev–Trinajstić information content (AvgIpc) is 2.79. The van der Waals surface area contributed by atoms with Gasteiger partial charge in [-0.05, 0) is 60.9 Å². The van der Waals surface area contributed by atoms with Crippen LogP contribution in [0, 0.1) is 24.5 Å². The van der Waals surface area contributed by atoms with Gasteiger partial charge in [0.15, 0.2) is 0 Å². The van der Waals surface area contributed by atoms with Gasteiger partial charge in [-0.2, -0.15) is 0 Å². The molecule has 4 N–H and O–H groups in total. The van der Waals surface area contributed by atoms with Crippen LogP contribution in [0.5, 0.6) is 0 Å². The van der Waals surface area contributed by atoms with E-state index in [1.54, 1.807) is 37.3 Å². The molecule has 0 radical (unpaired) electrons. The molecule has 0 aliphatic heterocycles. The summed E-state index contributed by atoms with van der Waals surface area (Å²) in [6.07, 6.45) is 0.244. The smallest absolute Gasteiger partial charge is 0.258 e. The Labute approximate surface area is 189 Å². The zero-order valence-corrected chi connectivity index (χ0v) is 17.9. The lowest BCUT2D eigenvalue weighted by Gasteiger charge is -2.15. The van der Waals surface area contributed by atoms with Gasteiger partial charge in [0, 0.05) is 17.8 Å². The number of halogens is 2. The van der Waals surface area contributed by atoms with Crippen LogP contribution in [0.25, 0.3) is 0 Å². The molecule has 6 nitrogen and oxygen atoms in total. The minimum atomic E-state index is -0.690. The Balaban J connectivity index is 1.68. The molecule has 0 aliphatic rings. The maximum Gasteiger partial charge on any atom is 0.258 e. The van der Waals surface area contributed by atoms with Gasteiger partial charge in [-0.3, -0.25) is 14.4 Å². The number of hydrogen-bond donors (Lipinski definition) is 3. The van der Waals surface area contributed by atoms with E-state index >= 15 is 0 Å². The van der Waals surface area contributed by atoms with E-state index in [2.05, 4.69) is 10.6 Å². The second-order valence-electron chi connectivity index (χ2n) is 7.60. The van der Waals surface area contributed by atoms with Gasteiger partial charge in [-0.15, -0.1) is 0 Å². The summed E-state index contributed by atoms with van der Waals surface area (Å²) in [5, 5.41) is 5.29. The lowest BCUT2D eigenvalue weighted by Crippen LogP contribution is -2.37. The topological polar surface area (TPSA) is 101 Å². The Bertz CT molecular complexity index is 1180. The summed E-state index contributed by atoms with van der Waals surface area (Å²) >= 11 is 0. The standard InChI is InChI=1S/C25H23F2N3O3/c1-15-6-9-17(13-22(15)30-25(33)20-4-2-3-5-21(20)27)24(32)29-14-18(23(28)31)12-16-7-10-19(26)11-8-16/h2-11,13,18H,12,14H2,1H3,(H2,28,31)(H,29,32)(H,30,33).